The summed E-state index contributed by atoms with van der Waals surface area (Å²) in [5.74, 6) is 0. The van der Waals surface area contributed by atoms with Gasteiger partial charge in [0.1, 0.15) is 6.33 Å². The third-order valence-corrected chi connectivity index (χ3v) is 3.83. The predicted octanol–water partition coefficient (Wildman–Crippen LogP) is 3.24. The maximum absolute atomic E-state index is 10.0. The molecule has 120 valence electrons. The molecule has 0 aliphatic carbocycles. The zero-order valence-corrected chi connectivity index (χ0v) is 13.4. The molecule has 21 heavy (non-hydrogen) atoms. The number of aliphatic hydroxyl groups excluding tert-OH is 1. The zero-order chi connectivity index (χ0) is 15.3. The lowest BCUT2D eigenvalue weighted by Gasteiger charge is -2.16. The number of hydrogen-bond acceptors (Lipinski definition) is 4. The lowest BCUT2D eigenvalue weighted by atomic mass is 10.00. The van der Waals surface area contributed by atoms with Gasteiger partial charge in [0.2, 0.25) is 0 Å². The maximum Gasteiger partial charge on any atom is 0.115 e. The molecule has 0 spiro atoms. The van der Waals surface area contributed by atoms with E-state index in [1.54, 1.807) is 6.20 Å². The minimum atomic E-state index is -0.280. The molecule has 1 aromatic heterocycles. The topological polar surface area (TPSA) is 72.0 Å². The molecular formula is C17H31N3O. The first-order valence-corrected chi connectivity index (χ1v) is 8.41. The summed E-state index contributed by atoms with van der Waals surface area (Å²) in [7, 11) is 0. The van der Waals surface area contributed by atoms with Crippen LogP contribution in [0.15, 0.2) is 18.6 Å². The summed E-state index contributed by atoms with van der Waals surface area (Å²) in [6, 6.07) is 1.85. The maximum atomic E-state index is 10.0. The Hall–Kier alpha value is -1.00. The van der Waals surface area contributed by atoms with Crippen LogP contribution < -0.4 is 5.73 Å². The van der Waals surface area contributed by atoms with Crippen molar-refractivity contribution in [3.05, 3.63) is 24.3 Å². The zero-order valence-electron chi connectivity index (χ0n) is 13.4. The van der Waals surface area contributed by atoms with Crippen LogP contribution in [0, 0.1) is 0 Å². The fraction of sp³-hybridized carbons (Fsp3) is 0.765. The van der Waals surface area contributed by atoms with Crippen LogP contribution in [0.3, 0.4) is 0 Å². The number of nitrogens with two attached hydrogens (primary N) is 1. The molecule has 1 rings (SSSR count). The average molecular weight is 293 g/mol. The van der Waals surface area contributed by atoms with Crippen molar-refractivity contribution in [3.63, 3.8) is 0 Å². The molecule has 0 aliphatic heterocycles. The van der Waals surface area contributed by atoms with Crippen molar-refractivity contribution < 1.29 is 5.11 Å². The molecule has 4 heteroatoms. The first kappa shape index (κ1) is 18.1. The normalized spacial score (nSPS) is 14.0. The highest BCUT2D eigenvalue weighted by Gasteiger charge is 2.11. The molecule has 2 unspecified atom stereocenters. The largest absolute Gasteiger partial charge is 0.393 e. The lowest BCUT2D eigenvalue weighted by molar-refractivity contribution is 0.142. The van der Waals surface area contributed by atoms with Gasteiger partial charge in [-0.05, 0) is 18.9 Å². The van der Waals surface area contributed by atoms with E-state index in [0.717, 1.165) is 18.5 Å². The van der Waals surface area contributed by atoms with E-state index in [0.29, 0.717) is 12.8 Å². The second-order valence-corrected chi connectivity index (χ2v) is 5.96. The first-order valence-electron chi connectivity index (χ1n) is 8.41. The molecule has 3 N–H and O–H groups in total. The van der Waals surface area contributed by atoms with Crippen LogP contribution in [0.1, 0.15) is 70.4 Å². The molecule has 1 heterocycles. The van der Waals surface area contributed by atoms with Gasteiger partial charge in [0.15, 0.2) is 0 Å². The Balaban J connectivity index is 2.03. The monoisotopic (exact) mass is 293 g/mol. The summed E-state index contributed by atoms with van der Waals surface area (Å²) in [4.78, 5) is 8.05. The standard InChI is InChI=1S/C17H31N3O/c1-2-3-4-5-6-7-8-9-17(21)13-15(18)12-16-10-11-19-14-20-16/h10-11,14-15,17,21H,2-9,12-13,18H2,1H3. The third-order valence-electron chi connectivity index (χ3n) is 3.83. The Bertz CT molecular complexity index is 345. The fourth-order valence-electron chi connectivity index (χ4n) is 2.60. The van der Waals surface area contributed by atoms with Gasteiger partial charge in [-0.15, -0.1) is 0 Å². The quantitative estimate of drug-likeness (QED) is 0.580. The van der Waals surface area contributed by atoms with Gasteiger partial charge in [0, 0.05) is 24.4 Å². The van der Waals surface area contributed by atoms with Gasteiger partial charge < -0.3 is 10.8 Å². The molecule has 0 aromatic carbocycles. The highest BCUT2D eigenvalue weighted by atomic mass is 16.3. The van der Waals surface area contributed by atoms with Gasteiger partial charge >= 0.3 is 0 Å². The van der Waals surface area contributed by atoms with Crippen molar-refractivity contribution in [1.29, 1.82) is 0 Å². The van der Waals surface area contributed by atoms with Gasteiger partial charge in [0.05, 0.1) is 6.10 Å². The molecule has 0 bridgehead atoms. The second-order valence-electron chi connectivity index (χ2n) is 5.96. The van der Waals surface area contributed by atoms with Crippen molar-refractivity contribution in [2.75, 3.05) is 0 Å². The lowest BCUT2D eigenvalue weighted by Crippen LogP contribution is -2.28. The molecular weight excluding hydrogens is 262 g/mol. The summed E-state index contributed by atoms with van der Waals surface area (Å²) >= 11 is 0. The Kier molecular flexibility index (Phi) is 10.0. The molecule has 1 aromatic rings. The smallest absolute Gasteiger partial charge is 0.115 e. The van der Waals surface area contributed by atoms with Crippen molar-refractivity contribution in [2.45, 2.75) is 83.3 Å². The van der Waals surface area contributed by atoms with E-state index in [1.807, 2.05) is 6.07 Å². The summed E-state index contributed by atoms with van der Waals surface area (Å²) < 4.78 is 0. The Morgan fingerprint density at radius 3 is 2.52 bits per heavy atom. The summed E-state index contributed by atoms with van der Waals surface area (Å²) in [6.07, 6.45) is 14.2. The number of rotatable bonds is 12. The van der Waals surface area contributed by atoms with Gasteiger partial charge in [-0.25, -0.2) is 9.97 Å². The second kappa shape index (κ2) is 11.6. The van der Waals surface area contributed by atoms with Crippen LogP contribution >= 0.6 is 0 Å². The number of aromatic nitrogens is 2. The Labute approximate surface area is 129 Å². The van der Waals surface area contributed by atoms with Crippen LogP contribution in [0.2, 0.25) is 0 Å². The number of aliphatic hydroxyl groups is 1. The molecule has 4 nitrogen and oxygen atoms in total. The summed E-state index contributed by atoms with van der Waals surface area (Å²) in [5.41, 5.74) is 7.02. The molecule has 0 amide bonds. The molecule has 2 atom stereocenters. The molecule has 0 aliphatic rings. The van der Waals surface area contributed by atoms with Crippen molar-refractivity contribution >= 4 is 0 Å². The van der Waals surface area contributed by atoms with Crippen molar-refractivity contribution in [2.24, 2.45) is 5.73 Å². The van der Waals surface area contributed by atoms with Crippen molar-refractivity contribution in [3.8, 4) is 0 Å². The van der Waals surface area contributed by atoms with Crippen LogP contribution in [-0.2, 0) is 6.42 Å². The van der Waals surface area contributed by atoms with E-state index >= 15 is 0 Å². The van der Waals surface area contributed by atoms with Crippen LogP contribution in [0.25, 0.3) is 0 Å². The third kappa shape index (κ3) is 9.53. The predicted molar refractivity (Wildman–Crippen MR) is 86.9 cm³/mol. The van der Waals surface area contributed by atoms with E-state index in [9.17, 15) is 5.11 Å². The van der Waals surface area contributed by atoms with Crippen LogP contribution in [-0.4, -0.2) is 27.2 Å². The summed E-state index contributed by atoms with van der Waals surface area (Å²) in [6.45, 7) is 2.24. The summed E-state index contributed by atoms with van der Waals surface area (Å²) in [5, 5.41) is 10.0. The molecule has 0 fully saturated rings. The minimum absolute atomic E-state index is 0.0283. The van der Waals surface area contributed by atoms with E-state index in [-0.39, 0.29) is 12.1 Å². The number of unbranched alkanes of at least 4 members (excludes halogenated alkanes) is 6. The highest BCUT2D eigenvalue weighted by molar-refractivity contribution is 5.00. The Morgan fingerprint density at radius 1 is 1.14 bits per heavy atom. The minimum Gasteiger partial charge on any atom is -0.393 e. The first-order chi connectivity index (χ1) is 10.2. The van der Waals surface area contributed by atoms with E-state index in [1.165, 1.54) is 44.9 Å². The molecule has 0 saturated carbocycles. The average Bonchev–Trinajstić information content (AvgIpc) is 2.47. The van der Waals surface area contributed by atoms with Crippen LogP contribution in [0.5, 0.6) is 0 Å². The van der Waals surface area contributed by atoms with Crippen molar-refractivity contribution in [1.82, 2.24) is 9.97 Å². The SMILES string of the molecule is CCCCCCCCCC(O)CC(N)Cc1ccncn1. The van der Waals surface area contributed by atoms with Crippen LogP contribution in [0.4, 0.5) is 0 Å². The van der Waals surface area contributed by atoms with E-state index < -0.39 is 0 Å². The van der Waals surface area contributed by atoms with Gasteiger partial charge in [0.25, 0.3) is 0 Å². The van der Waals surface area contributed by atoms with Gasteiger partial charge in [-0.3, -0.25) is 0 Å². The number of nitrogens with zero attached hydrogens (tertiary/aromatic N) is 2. The van der Waals surface area contributed by atoms with Gasteiger partial charge in [-0.2, -0.15) is 0 Å². The van der Waals surface area contributed by atoms with Gasteiger partial charge in [-0.1, -0.05) is 51.9 Å². The Morgan fingerprint density at radius 2 is 1.86 bits per heavy atom. The van der Waals surface area contributed by atoms with E-state index in [2.05, 4.69) is 16.9 Å². The van der Waals surface area contributed by atoms with E-state index in [4.69, 9.17) is 5.73 Å². The fourth-order valence-corrected chi connectivity index (χ4v) is 2.60. The highest BCUT2D eigenvalue weighted by Crippen LogP contribution is 2.12. The molecule has 0 saturated heterocycles. The molecule has 0 radical (unpaired) electrons. The number of hydrogen-bond donors (Lipinski definition) is 2.